The van der Waals surface area contributed by atoms with E-state index in [1.165, 1.54) is 11.1 Å². The minimum atomic E-state index is -0.440. The molecule has 29 heavy (non-hydrogen) atoms. The SMILES string of the molecule is CCc1ccc(/C=C2\SC(=O)N(CC(=O)Nc3ccc(C(C)C)cc3)C2=O)cc1. The highest BCUT2D eigenvalue weighted by Gasteiger charge is 2.36. The summed E-state index contributed by atoms with van der Waals surface area (Å²) in [4.78, 5) is 38.5. The Bertz CT molecular complexity index is 947. The highest BCUT2D eigenvalue weighted by Crippen LogP contribution is 2.32. The van der Waals surface area contributed by atoms with Gasteiger partial charge in [-0.15, -0.1) is 0 Å². The summed E-state index contributed by atoms with van der Waals surface area (Å²) in [5.74, 6) is -0.442. The molecule has 0 spiro atoms. The first-order chi connectivity index (χ1) is 13.9. The standard InChI is InChI=1S/C23H24N2O3S/c1-4-16-5-7-17(8-6-16)13-20-22(27)25(23(28)29-20)14-21(26)24-19-11-9-18(10-12-19)15(2)3/h5-13,15H,4,14H2,1-3H3,(H,24,26)/b20-13-. The molecule has 2 aromatic carbocycles. The Labute approximate surface area is 175 Å². The van der Waals surface area contributed by atoms with Crippen molar-refractivity contribution in [3.8, 4) is 0 Å². The molecular formula is C23H24N2O3S. The summed E-state index contributed by atoms with van der Waals surface area (Å²) in [5.41, 5.74) is 3.86. The Kier molecular flexibility index (Phi) is 6.54. The number of benzene rings is 2. The fourth-order valence-corrected chi connectivity index (χ4v) is 3.77. The lowest BCUT2D eigenvalue weighted by Gasteiger charge is -2.13. The highest BCUT2D eigenvalue weighted by molar-refractivity contribution is 8.18. The molecular weight excluding hydrogens is 384 g/mol. The molecule has 1 aliphatic heterocycles. The maximum absolute atomic E-state index is 12.6. The Hall–Kier alpha value is -2.86. The van der Waals surface area contributed by atoms with Crippen LogP contribution in [0, 0.1) is 0 Å². The molecule has 1 saturated heterocycles. The smallest absolute Gasteiger partial charge is 0.294 e. The Morgan fingerprint density at radius 2 is 1.72 bits per heavy atom. The van der Waals surface area contributed by atoms with Crippen LogP contribution in [0.15, 0.2) is 53.4 Å². The van der Waals surface area contributed by atoms with E-state index in [-0.39, 0.29) is 6.54 Å². The van der Waals surface area contributed by atoms with Crippen molar-refractivity contribution in [2.75, 3.05) is 11.9 Å². The number of carbonyl (C=O) groups is 3. The average molecular weight is 409 g/mol. The third-order valence-corrected chi connectivity index (χ3v) is 5.63. The lowest BCUT2D eigenvalue weighted by atomic mass is 10.0. The van der Waals surface area contributed by atoms with Crippen LogP contribution in [0.1, 0.15) is 43.4 Å². The van der Waals surface area contributed by atoms with Crippen LogP contribution >= 0.6 is 11.8 Å². The van der Waals surface area contributed by atoms with Gasteiger partial charge in [-0.3, -0.25) is 19.3 Å². The van der Waals surface area contributed by atoms with Gasteiger partial charge in [0.15, 0.2) is 0 Å². The van der Waals surface area contributed by atoms with Crippen molar-refractivity contribution in [3.05, 3.63) is 70.1 Å². The van der Waals surface area contributed by atoms with Crippen LogP contribution in [0.3, 0.4) is 0 Å². The number of hydrogen-bond acceptors (Lipinski definition) is 4. The molecule has 3 amide bonds. The van der Waals surface area contributed by atoms with E-state index in [4.69, 9.17) is 0 Å². The van der Waals surface area contributed by atoms with E-state index in [0.717, 1.165) is 28.6 Å². The van der Waals surface area contributed by atoms with Crippen LogP contribution in [-0.4, -0.2) is 28.5 Å². The summed E-state index contributed by atoms with van der Waals surface area (Å²) in [6.07, 6.45) is 2.62. The largest absolute Gasteiger partial charge is 0.325 e. The van der Waals surface area contributed by atoms with Crippen molar-refractivity contribution in [2.24, 2.45) is 0 Å². The Morgan fingerprint density at radius 3 is 2.31 bits per heavy atom. The van der Waals surface area contributed by atoms with Gasteiger partial charge in [-0.1, -0.05) is 57.2 Å². The molecule has 5 nitrogen and oxygen atoms in total. The third kappa shape index (κ3) is 5.15. The second kappa shape index (κ2) is 9.09. The maximum Gasteiger partial charge on any atom is 0.294 e. The zero-order chi connectivity index (χ0) is 21.0. The van der Waals surface area contributed by atoms with E-state index < -0.39 is 17.1 Å². The number of aryl methyl sites for hydroxylation is 1. The zero-order valence-electron chi connectivity index (χ0n) is 16.8. The number of nitrogens with zero attached hydrogens (tertiary/aromatic N) is 1. The van der Waals surface area contributed by atoms with Crippen LogP contribution in [0.5, 0.6) is 0 Å². The van der Waals surface area contributed by atoms with Crippen molar-refractivity contribution >= 4 is 40.6 Å². The monoisotopic (exact) mass is 408 g/mol. The van der Waals surface area contributed by atoms with E-state index in [9.17, 15) is 14.4 Å². The third-order valence-electron chi connectivity index (χ3n) is 4.72. The van der Waals surface area contributed by atoms with Gasteiger partial charge in [0.25, 0.3) is 11.1 Å². The fraction of sp³-hybridized carbons (Fsp3) is 0.261. The van der Waals surface area contributed by atoms with E-state index in [2.05, 4.69) is 26.1 Å². The molecule has 0 saturated carbocycles. The first-order valence-electron chi connectivity index (χ1n) is 9.61. The van der Waals surface area contributed by atoms with Gasteiger partial charge in [0.2, 0.25) is 5.91 Å². The van der Waals surface area contributed by atoms with Gasteiger partial charge in [-0.2, -0.15) is 0 Å². The average Bonchev–Trinajstić information content (AvgIpc) is 2.96. The van der Waals surface area contributed by atoms with E-state index in [1.807, 2.05) is 48.5 Å². The van der Waals surface area contributed by atoms with Crippen LogP contribution in [-0.2, 0) is 16.0 Å². The number of amides is 3. The second-order valence-corrected chi connectivity index (χ2v) is 8.18. The van der Waals surface area contributed by atoms with Crippen molar-refractivity contribution in [1.29, 1.82) is 0 Å². The fourth-order valence-electron chi connectivity index (χ4n) is 2.93. The van der Waals surface area contributed by atoms with Gasteiger partial charge >= 0.3 is 0 Å². The van der Waals surface area contributed by atoms with Gasteiger partial charge in [0, 0.05) is 5.69 Å². The minimum absolute atomic E-state index is 0.303. The molecule has 150 valence electrons. The van der Waals surface area contributed by atoms with Crippen LogP contribution in [0.25, 0.3) is 6.08 Å². The summed E-state index contributed by atoms with van der Waals surface area (Å²) < 4.78 is 0. The molecule has 0 unspecified atom stereocenters. The normalized spacial score (nSPS) is 15.4. The number of thioether (sulfide) groups is 1. The molecule has 2 aromatic rings. The van der Waals surface area contributed by atoms with E-state index in [0.29, 0.717) is 16.5 Å². The molecule has 0 radical (unpaired) electrons. The molecule has 1 fully saturated rings. The predicted molar refractivity (Wildman–Crippen MR) is 118 cm³/mol. The number of imide groups is 1. The molecule has 1 heterocycles. The maximum atomic E-state index is 12.6. The van der Waals surface area contributed by atoms with Crippen LogP contribution in [0.4, 0.5) is 10.5 Å². The Balaban J connectivity index is 1.64. The first-order valence-corrected chi connectivity index (χ1v) is 10.4. The summed E-state index contributed by atoms with van der Waals surface area (Å²) in [6, 6.07) is 15.4. The minimum Gasteiger partial charge on any atom is -0.325 e. The van der Waals surface area contributed by atoms with E-state index in [1.54, 1.807) is 6.08 Å². The molecule has 0 bridgehead atoms. The summed E-state index contributed by atoms with van der Waals surface area (Å²) in [6.45, 7) is 5.96. The topological polar surface area (TPSA) is 66.5 Å². The Morgan fingerprint density at radius 1 is 1.07 bits per heavy atom. The molecule has 0 atom stereocenters. The molecule has 0 aliphatic carbocycles. The van der Waals surface area contributed by atoms with Crippen LogP contribution in [0.2, 0.25) is 0 Å². The van der Waals surface area contributed by atoms with Gasteiger partial charge in [0.05, 0.1) is 4.91 Å². The molecule has 1 aliphatic rings. The number of rotatable bonds is 6. The zero-order valence-corrected chi connectivity index (χ0v) is 17.6. The predicted octanol–water partition coefficient (Wildman–Crippen LogP) is 5.05. The summed E-state index contributed by atoms with van der Waals surface area (Å²) in [5, 5.41) is 2.31. The van der Waals surface area contributed by atoms with Crippen molar-refractivity contribution in [2.45, 2.75) is 33.1 Å². The molecule has 3 rings (SSSR count). The number of carbonyl (C=O) groups excluding carboxylic acids is 3. The van der Waals surface area contributed by atoms with E-state index >= 15 is 0 Å². The van der Waals surface area contributed by atoms with Crippen molar-refractivity contribution < 1.29 is 14.4 Å². The summed E-state index contributed by atoms with van der Waals surface area (Å²) in [7, 11) is 0. The van der Waals surface area contributed by atoms with Gasteiger partial charge in [0.1, 0.15) is 6.54 Å². The molecule has 1 N–H and O–H groups in total. The number of anilines is 1. The quantitative estimate of drug-likeness (QED) is 0.680. The van der Waals surface area contributed by atoms with Gasteiger partial charge in [-0.25, -0.2) is 0 Å². The van der Waals surface area contributed by atoms with Crippen molar-refractivity contribution in [1.82, 2.24) is 4.90 Å². The lowest BCUT2D eigenvalue weighted by molar-refractivity contribution is -0.127. The van der Waals surface area contributed by atoms with Crippen LogP contribution < -0.4 is 5.32 Å². The van der Waals surface area contributed by atoms with Gasteiger partial charge in [-0.05, 0) is 59.0 Å². The molecule has 0 aromatic heterocycles. The molecule has 6 heteroatoms. The first kappa shape index (κ1) is 20.9. The van der Waals surface area contributed by atoms with Gasteiger partial charge < -0.3 is 5.32 Å². The highest BCUT2D eigenvalue weighted by atomic mass is 32.2. The number of hydrogen-bond donors (Lipinski definition) is 1. The summed E-state index contributed by atoms with van der Waals surface area (Å²) >= 11 is 0.859. The van der Waals surface area contributed by atoms with Crippen molar-refractivity contribution in [3.63, 3.8) is 0 Å². The second-order valence-electron chi connectivity index (χ2n) is 7.19. The lowest BCUT2D eigenvalue weighted by Crippen LogP contribution is -2.36. The number of nitrogens with one attached hydrogen (secondary N) is 1.